The zero-order valence-electron chi connectivity index (χ0n) is 8.44. The summed E-state index contributed by atoms with van der Waals surface area (Å²) in [4.78, 5) is 7.84. The first kappa shape index (κ1) is 9.76. The molecule has 0 fully saturated rings. The maximum absolute atomic E-state index is 13.4. The summed E-state index contributed by atoms with van der Waals surface area (Å²) in [6.07, 6.45) is 3.23. The fraction of sp³-hybridized carbons (Fsp3) is 0.300. The SMILES string of the molecule is CC(C)(F)c1nc(-c2ccncc2)no1. The number of halogens is 1. The van der Waals surface area contributed by atoms with E-state index in [0.717, 1.165) is 5.56 Å². The summed E-state index contributed by atoms with van der Waals surface area (Å²) in [5.41, 5.74) is -0.859. The highest BCUT2D eigenvalue weighted by atomic mass is 19.1. The fourth-order valence-electron chi connectivity index (χ4n) is 1.08. The second kappa shape index (κ2) is 3.42. The Morgan fingerprint density at radius 2 is 1.93 bits per heavy atom. The third-order valence-corrected chi connectivity index (χ3v) is 1.87. The van der Waals surface area contributed by atoms with Gasteiger partial charge in [-0.1, -0.05) is 5.16 Å². The molecule has 4 nitrogen and oxygen atoms in total. The Hall–Kier alpha value is -1.78. The topological polar surface area (TPSA) is 51.8 Å². The Morgan fingerprint density at radius 1 is 1.27 bits per heavy atom. The van der Waals surface area contributed by atoms with Crippen molar-refractivity contribution in [3.05, 3.63) is 30.4 Å². The molecule has 0 amide bonds. The lowest BCUT2D eigenvalue weighted by atomic mass is 10.2. The van der Waals surface area contributed by atoms with Crippen LogP contribution in [-0.4, -0.2) is 15.1 Å². The number of pyridine rings is 1. The van der Waals surface area contributed by atoms with Crippen molar-refractivity contribution in [1.82, 2.24) is 15.1 Å². The smallest absolute Gasteiger partial charge is 0.264 e. The second-order valence-electron chi connectivity index (χ2n) is 3.63. The first-order valence-corrected chi connectivity index (χ1v) is 4.51. The summed E-state index contributed by atoms with van der Waals surface area (Å²) in [5.74, 6) is 0.354. The van der Waals surface area contributed by atoms with Crippen LogP contribution in [-0.2, 0) is 5.67 Å². The van der Waals surface area contributed by atoms with Crippen LogP contribution < -0.4 is 0 Å². The van der Waals surface area contributed by atoms with Crippen LogP contribution in [0.25, 0.3) is 11.4 Å². The maximum atomic E-state index is 13.4. The number of hydrogen-bond acceptors (Lipinski definition) is 4. The van der Waals surface area contributed by atoms with Crippen LogP contribution in [0.3, 0.4) is 0 Å². The lowest BCUT2D eigenvalue weighted by Gasteiger charge is -2.05. The van der Waals surface area contributed by atoms with E-state index in [9.17, 15) is 4.39 Å². The molecule has 2 rings (SSSR count). The van der Waals surface area contributed by atoms with Gasteiger partial charge in [0, 0.05) is 18.0 Å². The Bertz CT molecular complexity index is 447. The van der Waals surface area contributed by atoms with Gasteiger partial charge in [-0.05, 0) is 26.0 Å². The number of hydrogen-bond donors (Lipinski definition) is 0. The Kier molecular flexibility index (Phi) is 2.22. The number of rotatable bonds is 2. The molecule has 0 spiro atoms. The molecular formula is C10H10FN3O. The summed E-state index contributed by atoms with van der Waals surface area (Å²) in [6.45, 7) is 2.74. The Labute approximate surface area is 86.2 Å². The molecule has 5 heteroatoms. The third kappa shape index (κ3) is 2.01. The van der Waals surface area contributed by atoms with Crippen LogP contribution in [0.4, 0.5) is 4.39 Å². The highest BCUT2D eigenvalue weighted by molar-refractivity contribution is 5.52. The Balaban J connectivity index is 2.37. The molecule has 0 aliphatic carbocycles. The second-order valence-corrected chi connectivity index (χ2v) is 3.63. The molecule has 0 aliphatic heterocycles. The number of nitrogens with zero attached hydrogens (tertiary/aromatic N) is 3. The lowest BCUT2D eigenvalue weighted by molar-refractivity contribution is 0.155. The van der Waals surface area contributed by atoms with Gasteiger partial charge in [0.15, 0.2) is 5.67 Å². The van der Waals surface area contributed by atoms with Crippen molar-refractivity contribution in [3.63, 3.8) is 0 Å². The van der Waals surface area contributed by atoms with Crippen LogP contribution in [0, 0.1) is 0 Å². The average molecular weight is 207 g/mol. The number of aromatic nitrogens is 3. The van der Waals surface area contributed by atoms with Gasteiger partial charge < -0.3 is 4.52 Å². The molecule has 0 saturated carbocycles. The van der Waals surface area contributed by atoms with E-state index in [4.69, 9.17) is 4.52 Å². The van der Waals surface area contributed by atoms with Crippen LogP contribution >= 0.6 is 0 Å². The van der Waals surface area contributed by atoms with Crippen molar-refractivity contribution in [1.29, 1.82) is 0 Å². The van der Waals surface area contributed by atoms with Crippen molar-refractivity contribution < 1.29 is 8.91 Å². The van der Waals surface area contributed by atoms with Crippen molar-refractivity contribution in [2.24, 2.45) is 0 Å². The standard InChI is InChI=1S/C10H10FN3O/c1-10(2,11)9-13-8(14-15-9)7-3-5-12-6-4-7/h3-6H,1-2H3. The molecule has 0 aromatic carbocycles. The van der Waals surface area contributed by atoms with E-state index >= 15 is 0 Å². The predicted molar refractivity (Wildman–Crippen MR) is 51.7 cm³/mol. The molecule has 2 aromatic rings. The monoisotopic (exact) mass is 207 g/mol. The van der Waals surface area contributed by atoms with Gasteiger partial charge in [-0.25, -0.2) is 4.39 Å². The van der Waals surface area contributed by atoms with E-state index in [1.54, 1.807) is 24.5 Å². The van der Waals surface area contributed by atoms with Gasteiger partial charge in [0.25, 0.3) is 5.89 Å². The van der Waals surface area contributed by atoms with Crippen molar-refractivity contribution in [2.75, 3.05) is 0 Å². The Morgan fingerprint density at radius 3 is 2.47 bits per heavy atom. The largest absolute Gasteiger partial charge is 0.335 e. The summed E-state index contributed by atoms with van der Waals surface area (Å²) < 4.78 is 18.3. The minimum atomic E-state index is -1.61. The molecule has 15 heavy (non-hydrogen) atoms. The van der Waals surface area contributed by atoms with Crippen molar-refractivity contribution in [2.45, 2.75) is 19.5 Å². The van der Waals surface area contributed by atoms with Gasteiger partial charge in [-0.2, -0.15) is 4.98 Å². The van der Waals surface area contributed by atoms with Crippen LogP contribution in [0.2, 0.25) is 0 Å². The van der Waals surface area contributed by atoms with Crippen molar-refractivity contribution in [3.8, 4) is 11.4 Å². The van der Waals surface area contributed by atoms with Gasteiger partial charge in [0.05, 0.1) is 0 Å². The van der Waals surface area contributed by atoms with E-state index in [2.05, 4.69) is 15.1 Å². The van der Waals surface area contributed by atoms with Gasteiger partial charge in [0.1, 0.15) is 0 Å². The highest BCUT2D eigenvalue weighted by Gasteiger charge is 2.26. The summed E-state index contributed by atoms with van der Waals surface area (Å²) in [6, 6.07) is 3.47. The molecule has 0 saturated heterocycles. The van der Waals surface area contributed by atoms with E-state index in [0.29, 0.717) is 5.82 Å². The molecule has 2 heterocycles. The molecule has 78 valence electrons. The summed E-state index contributed by atoms with van der Waals surface area (Å²) >= 11 is 0. The molecule has 0 aliphatic rings. The van der Waals surface area contributed by atoms with Crippen molar-refractivity contribution >= 4 is 0 Å². The van der Waals surface area contributed by atoms with Gasteiger partial charge in [-0.3, -0.25) is 4.98 Å². The zero-order valence-corrected chi connectivity index (χ0v) is 8.44. The summed E-state index contributed by atoms with van der Waals surface area (Å²) in [7, 11) is 0. The summed E-state index contributed by atoms with van der Waals surface area (Å²) in [5, 5.41) is 3.70. The first-order chi connectivity index (χ1) is 7.07. The molecule has 0 N–H and O–H groups in total. The van der Waals surface area contributed by atoms with Gasteiger partial charge in [-0.15, -0.1) is 0 Å². The van der Waals surface area contributed by atoms with Crippen LogP contribution in [0.1, 0.15) is 19.7 Å². The quantitative estimate of drug-likeness (QED) is 0.758. The van der Waals surface area contributed by atoms with Gasteiger partial charge >= 0.3 is 0 Å². The van der Waals surface area contributed by atoms with E-state index in [-0.39, 0.29) is 5.89 Å². The molecule has 0 atom stereocenters. The van der Waals surface area contributed by atoms with Crippen LogP contribution in [0.5, 0.6) is 0 Å². The number of alkyl halides is 1. The van der Waals surface area contributed by atoms with E-state index in [1.165, 1.54) is 13.8 Å². The molecule has 0 radical (unpaired) electrons. The maximum Gasteiger partial charge on any atom is 0.264 e. The van der Waals surface area contributed by atoms with E-state index < -0.39 is 5.67 Å². The zero-order chi connectivity index (χ0) is 10.9. The molecule has 0 unspecified atom stereocenters. The van der Waals surface area contributed by atoms with Gasteiger partial charge in [0.2, 0.25) is 5.82 Å². The molecule has 2 aromatic heterocycles. The third-order valence-electron chi connectivity index (χ3n) is 1.87. The normalized spacial score (nSPS) is 11.7. The predicted octanol–water partition coefficient (Wildman–Crippen LogP) is 2.34. The lowest BCUT2D eigenvalue weighted by Crippen LogP contribution is -2.09. The van der Waals surface area contributed by atoms with Crippen LogP contribution in [0.15, 0.2) is 29.0 Å². The minimum Gasteiger partial charge on any atom is -0.335 e. The van der Waals surface area contributed by atoms with E-state index in [1.807, 2.05) is 0 Å². The highest BCUT2D eigenvalue weighted by Crippen LogP contribution is 2.24. The fourth-order valence-corrected chi connectivity index (χ4v) is 1.08. The average Bonchev–Trinajstić information content (AvgIpc) is 2.67. The first-order valence-electron chi connectivity index (χ1n) is 4.51. The molecule has 0 bridgehead atoms. The molecular weight excluding hydrogens is 197 g/mol. The minimum absolute atomic E-state index is 0.0192.